The Morgan fingerprint density at radius 2 is 1.00 bits per heavy atom. The molecule has 6 aromatic rings. The topological polar surface area (TPSA) is 9.23 Å². The monoisotopic (exact) mass is 486 g/mol. The van der Waals surface area contributed by atoms with Crippen molar-refractivity contribution in [1.29, 1.82) is 0 Å². The van der Waals surface area contributed by atoms with Gasteiger partial charge in [0.1, 0.15) is 5.75 Å². The Labute approximate surface area is 223 Å². The zero-order chi connectivity index (χ0) is 25.4. The number of fused-ring (bicyclic) bond motifs is 3. The van der Waals surface area contributed by atoms with E-state index in [1.54, 1.807) is 0 Å². The third kappa shape index (κ3) is 3.55. The predicted molar refractivity (Wildman–Crippen MR) is 158 cm³/mol. The van der Waals surface area contributed by atoms with Crippen LogP contribution < -0.4 is 4.74 Å². The van der Waals surface area contributed by atoms with E-state index in [2.05, 4.69) is 158 Å². The average molecular weight is 487 g/mol. The van der Waals surface area contributed by atoms with Crippen molar-refractivity contribution in [2.75, 3.05) is 0 Å². The highest BCUT2D eigenvalue weighted by Gasteiger charge is 2.44. The number of benzene rings is 6. The average Bonchev–Trinajstić information content (AvgIpc) is 3.01. The van der Waals surface area contributed by atoms with Crippen molar-refractivity contribution in [3.8, 4) is 16.9 Å². The van der Waals surface area contributed by atoms with E-state index in [1.807, 2.05) is 0 Å². The highest BCUT2D eigenvalue weighted by molar-refractivity contribution is 6.07. The normalized spacial score (nSPS) is 13.8. The number of hydrogen-bond donors (Lipinski definition) is 0. The van der Waals surface area contributed by atoms with Crippen LogP contribution in [0.3, 0.4) is 0 Å². The van der Waals surface area contributed by atoms with E-state index in [4.69, 9.17) is 4.74 Å². The van der Waals surface area contributed by atoms with E-state index >= 15 is 0 Å². The van der Waals surface area contributed by atoms with Gasteiger partial charge in [-0.25, -0.2) is 0 Å². The van der Waals surface area contributed by atoms with Gasteiger partial charge < -0.3 is 4.74 Å². The fourth-order valence-corrected chi connectivity index (χ4v) is 5.79. The third-order valence-corrected chi connectivity index (χ3v) is 7.51. The van der Waals surface area contributed by atoms with E-state index in [0.717, 1.165) is 33.6 Å². The smallest absolute Gasteiger partial charge is 0.185 e. The van der Waals surface area contributed by atoms with Crippen LogP contribution in [0.25, 0.3) is 33.5 Å². The van der Waals surface area contributed by atoms with Gasteiger partial charge in [-0.2, -0.15) is 0 Å². The van der Waals surface area contributed by atoms with Crippen molar-refractivity contribution in [2.45, 2.75) is 5.60 Å². The Kier molecular flexibility index (Phi) is 5.41. The lowest BCUT2D eigenvalue weighted by Crippen LogP contribution is -2.38. The molecule has 7 rings (SSSR count). The molecule has 1 aliphatic rings. The fraction of sp³-hybridized carbons (Fsp3) is 0.0270. The van der Waals surface area contributed by atoms with Crippen LogP contribution in [0, 0.1) is 0 Å². The molecule has 0 fully saturated rings. The highest BCUT2D eigenvalue weighted by atomic mass is 16.5. The molecule has 0 atom stereocenters. The Morgan fingerprint density at radius 3 is 1.61 bits per heavy atom. The van der Waals surface area contributed by atoms with Crippen LogP contribution in [0.5, 0.6) is 5.75 Å². The molecule has 1 aliphatic heterocycles. The zero-order valence-corrected chi connectivity index (χ0v) is 20.9. The Hall–Kier alpha value is -4.88. The van der Waals surface area contributed by atoms with E-state index < -0.39 is 5.60 Å². The molecular formula is C37H26O. The van der Waals surface area contributed by atoms with Crippen LogP contribution >= 0.6 is 0 Å². The lowest BCUT2D eigenvalue weighted by molar-refractivity contribution is 0.172. The summed E-state index contributed by atoms with van der Waals surface area (Å²) in [6.45, 7) is 0. The zero-order valence-electron chi connectivity index (χ0n) is 20.9. The first-order valence-electron chi connectivity index (χ1n) is 13.0. The Balaban J connectivity index is 1.59. The minimum atomic E-state index is -0.799. The van der Waals surface area contributed by atoms with Crippen molar-refractivity contribution in [1.82, 2.24) is 0 Å². The molecule has 0 aliphatic carbocycles. The maximum absolute atomic E-state index is 7.29. The van der Waals surface area contributed by atoms with Gasteiger partial charge in [0.15, 0.2) is 5.60 Å². The summed E-state index contributed by atoms with van der Waals surface area (Å²) < 4.78 is 7.29. The molecule has 0 radical (unpaired) electrons. The second-order valence-corrected chi connectivity index (χ2v) is 9.69. The minimum absolute atomic E-state index is 0.799. The second-order valence-electron chi connectivity index (χ2n) is 9.69. The van der Waals surface area contributed by atoms with Crippen molar-refractivity contribution in [3.63, 3.8) is 0 Å². The highest BCUT2D eigenvalue weighted by Crippen LogP contribution is 2.52. The van der Waals surface area contributed by atoms with E-state index in [0.29, 0.717) is 0 Å². The van der Waals surface area contributed by atoms with Gasteiger partial charge in [0.25, 0.3) is 0 Å². The van der Waals surface area contributed by atoms with Crippen molar-refractivity contribution >= 4 is 22.4 Å². The van der Waals surface area contributed by atoms with Crippen molar-refractivity contribution < 1.29 is 4.74 Å². The summed E-state index contributed by atoms with van der Waals surface area (Å²) in [5, 5.41) is 2.41. The molecule has 1 heteroatoms. The first-order valence-corrected chi connectivity index (χ1v) is 13.0. The van der Waals surface area contributed by atoms with Gasteiger partial charge >= 0.3 is 0 Å². The maximum atomic E-state index is 7.29. The maximum Gasteiger partial charge on any atom is 0.185 e. The molecule has 0 amide bonds. The molecule has 1 nitrogen and oxygen atoms in total. The van der Waals surface area contributed by atoms with Gasteiger partial charge in [-0.15, -0.1) is 0 Å². The molecule has 0 saturated heterocycles. The Morgan fingerprint density at radius 1 is 0.447 bits per heavy atom. The van der Waals surface area contributed by atoms with Gasteiger partial charge in [-0.05, 0) is 34.2 Å². The van der Waals surface area contributed by atoms with Gasteiger partial charge in [0.2, 0.25) is 0 Å². The second kappa shape index (κ2) is 9.21. The predicted octanol–water partition coefficient (Wildman–Crippen LogP) is 9.38. The fourth-order valence-electron chi connectivity index (χ4n) is 5.79. The molecule has 1 heterocycles. The third-order valence-electron chi connectivity index (χ3n) is 7.51. The summed E-state index contributed by atoms with van der Waals surface area (Å²) in [6.07, 6.45) is 2.36. The van der Waals surface area contributed by atoms with Crippen LogP contribution in [0.15, 0.2) is 152 Å². The number of hydrogen-bond acceptors (Lipinski definition) is 1. The first kappa shape index (κ1) is 22.3. The summed E-state index contributed by atoms with van der Waals surface area (Å²) in [7, 11) is 0. The number of rotatable bonds is 4. The first-order chi connectivity index (χ1) is 18.8. The van der Waals surface area contributed by atoms with E-state index in [9.17, 15) is 0 Å². The van der Waals surface area contributed by atoms with Gasteiger partial charge in [-0.3, -0.25) is 0 Å². The molecule has 0 bridgehead atoms. The summed E-state index contributed by atoms with van der Waals surface area (Å²) in [5.41, 5.74) is 7.18. The van der Waals surface area contributed by atoms with Gasteiger partial charge in [0, 0.05) is 27.6 Å². The van der Waals surface area contributed by atoms with Crippen LogP contribution in [-0.4, -0.2) is 0 Å². The molecule has 0 saturated carbocycles. The minimum Gasteiger partial charge on any atom is -0.472 e. The molecule has 38 heavy (non-hydrogen) atoms. The lowest BCUT2D eigenvalue weighted by Gasteiger charge is -2.41. The van der Waals surface area contributed by atoms with Crippen molar-refractivity contribution in [2.24, 2.45) is 0 Å². The summed E-state index contributed by atoms with van der Waals surface area (Å²) in [4.78, 5) is 0. The van der Waals surface area contributed by atoms with E-state index in [-0.39, 0.29) is 0 Å². The molecule has 0 N–H and O–H groups in total. The largest absolute Gasteiger partial charge is 0.472 e. The summed E-state index contributed by atoms with van der Waals surface area (Å²) in [6, 6.07) is 53.3. The van der Waals surface area contributed by atoms with Crippen molar-refractivity contribution in [3.05, 3.63) is 174 Å². The van der Waals surface area contributed by atoms with E-state index in [1.165, 1.54) is 21.9 Å². The van der Waals surface area contributed by atoms with Crippen LogP contribution in [-0.2, 0) is 5.60 Å². The Bertz CT molecular complexity index is 1710. The van der Waals surface area contributed by atoms with Gasteiger partial charge in [0.05, 0.1) is 0 Å². The molecule has 0 spiro atoms. The molecule has 0 unspecified atom stereocenters. The quantitative estimate of drug-likeness (QED) is 0.241. The van der Waals surface area contributed by atoms with Gasteiger partial charge in [-0.1, -0.05) is 146 Å². The molecule has 180 valence electrons. The molecule has 6 aromatic carbocycles. The van der Waals surface area contributed by atoms with Crippen LogP contribution in [0.4, 0.5) is 0 Å². The van der Waals surface area contributed by atoms with Crippen LogP contribution in [0.1, 0.15) is 22.3 Å². The molecular weight excluding hydrogens is 460 g/mol. The number of ether oxygens (including phenoxy) is 1. The van der Waals surface area contributed by atoms with Crippen LogP contribution in [0.2, 0.25) is 0 Å². The molecule has 0 aromatic heterocycles. The summed E-state index contributed by atoms with van der Waals surface area (Å²) >= 11 is 0. The standard InChI is InChI=1S/C37H26O/c1-5-14-27(15-6-1)32-23-13-18-29-24-25-35-33(36(29)32)26-34(28-16-7-2-8-17-28)37(38-35,30-19-9-3-10-20-30)31-21-11-4-12-22-31/h1-26H. The summed E-state index contributed by atoms with van der Waals surface area (Å²) in [5.74, 6) is 0.883. The SMILES string of the molecule is C1=C(c2ccccc2)C(c2ccccc2)(c2ccccc2)Oc2ccc3cccc(-c4ccccc4)c3c21. The lowest BCUT2D eigenvalue weighted by atomic mass is 9.74.